The zero-order valence-electron chi connectivity index (χ0n) is 21.9. The molecule has 0 heterocycles. The fourth-order valence-electron chi connectivity index (χ4n) is 4.81. The third kappa shape index (κ3) is 5.22. The fraction of sp³-hybridized carbons (Fsp3) is 0.118. The van der Waals surface area contributed by atoms with E-state index < -0.39 is 0 Å². The highest BCUT2D eigenvalue weighted by Gasteiger charge is 2.19. The van der Waals surface area contributed by atoms with Crippen molar-refractivity contribution in [1.29, 1.82) is 0 Å². The van der Waals surface area contributed by atoms with E-state index in [9.17, 15) is 0 Å². The second-order valence-electron chi connectivity index (χ2n) is 9.77. The largest absolute Gasteiger partial charge is 0.397 e. The van der Waals surface area contributed by atoms with Gasteiger partial charge in [-0.2, -0.15) is 0 Å². The van der Waals surface area contributed by atoms with Crippen molar-refractivity contribution >= 4 is 39.8 Å². The van der Waals surface area contributed by atoms with Crippen molar-refractivity contribution in [2.75, 3.05) is 15.5 Å². The summed E-state index contributed by atoms with van der Waals surface area (Å²) < 4.78 is 0. The molecule has 0 radical (unpaired) electrons. The Labute approximate surface area is 220 Å². The molecule has 3 heteroatoms. The molecule has 3 nitrogen and oxygen atoms in total. The van der Waals surface area contributed by atoms with Crippen LogP contribution in [0.3, 0.4) is 0 Å². The maximum Gasteiger partial charge on any atom is 0.0712 e. The van der Waals surface area contributed by atoms with E-state index in [1.807, 2.05) is 6.07 Å². The smallest absolute Gasteiger partial charge is 0.0712 e. The Hall–Kier alpha value is -4.50. The molecule has 0 aromatic heterocycles. The predicted octanol–water partition coefficient (Wildman–Crippen LogP) is 9.44. The summed E-state index contributed by atoms with van der Waals surface area (Å²) in [4.78, 5) is 4.55. The number of rotatable bonds is 6. The second-order valence-corrected chi connectivity index (χ2v) is 9.77. The molecule has 0 aliphatic heterocycles. The highest BCUT2D eigenvalue weighted by atomic mass is 15.2. The summed E-state index contributed by atoms with van der Waals surface area (Å²) in [7, 11) is 0. The van der Waals surface area contributed by atoms with E-state index in [-0.39, 0.29) is 0 Å². The van der Waals surface area contributed by atoms with Crippen molar-refractivity contribution in [3.05, 3.63) is 138 Å². The highest BCUT2D eigenvalue weighted by molar-refractivity contribution is 5.88. The van der Waals surface area contributed by atoms with Gasteiger partial charge in [-0.25, -0.2) is 0 Å². The van der Waals surface area contributed by atoms with Gasteiger partial charge >= 0.3 is 0 Å². The summed E-state index contributed by atoms with van der Waals surface area (Å²) in [6.07, 6.45) is 0. The molecule has 0 fully saturated rings. The maximum absolute atomic E-state index is 6.71. The van der Waals surface area contributed by atoms with Gasteiger partial charge in [0.15, 0.2) is 0 Å². The summed E-state index contributed by atoms with van der Waals surface area (Å²) in [5, 5.41) is 0. The van der Waals surface area contributed by atoms with Gasteiger partial charge in [-0.3, -0.25) is 0 Å². The average Bonchev–Trinajstić information content (AvgIpc) is 2.86. The lowest BCUT2D eigenvalue weighted by Gasteiger charge is -2.31. The number of nitrogens with zero attached hydrogens (tertiary/aromatic N) is 2. The Morgan fingerprint density at radius 1 is 0.405 bits per heavy atom. The van der Waals surface area contributed by atoms with Crippen molar-refractivity contribution in [2.45, 2.75) is 27.7 Å². The van der Waals surface area contributed by atoms with Crippen LogP contribution < -0.4 is 15.5 Å². The summed E-state index contributed by atoms with van der Waals surface area (Å²) in [5.41, 5.74) is 18.6. The van der Waals surface area contributed by atoms with E-state index in [2.05, 4.69) is 147 Å². The van der Waals surface area contributed by atoms with Crippen molar-refractivity contribution in [2.24, 2.45) is 0 Å². The van der Waals surface area contributed by atoms with E-state index in [1.54, 1.807) is 0 Å². The number of hydrogen-bond acceptors (Lipinski definition) is 3. The third-order valence-electron chi connectivity index (χ3n) is 6.55. The van der Waals surface area contributed by atoms with Gasteiger partial charge in [0.1, 0.15) is 0 Å². The number of nitrogen functional groups attached to an aromatic ring is 1. The Morgan fingerprint density at radius 3 is 1.14 bits per heavy atom. The normalized spacial score (nSPS) is 10.8. The zero-order chi connectivity index (χ0) is 25.9. The molecule has 0 unspecified atom stereocenters. The first-order chi connectivity index (χ1) is 17.9. The maximum atomic E-state index is 6.71. The number of aryl methyl sites for hydroxylation is 4. The Bertz CT molecular complexity index is 1460. The molecule has 0 aliphatic carbocycles. The zero-order valence-corrected chi connectivity index (χ0v) is 21.9. The molecule has 0 spiro atoms. The van der Waals surface area contributed by atoms with E-state index in [4.69, 9.17) is 5.73 Å². The third-order valence-corrected chi connectivity index (χ3v) is 6.55. The van der Waals surface area contributed by atoms with Crippen LogP contribution in [0.2, 0.25) is 0 Å². The second kappa shape index (κ2) is 10.2. The molecule has 2 N–H and O–H groups in total. The Balaban J connectivity index is 1.73. The van der Waals surface area contributed by atoms with Crippen molar-refractivity contribution in [3.8, 4) is 0 Å². The van der Waals surface area contributed by atoms with Crippen LogP contribution >= 0.6 is 0 Å². The molecule has 5 aromatic rings. The average molecular weight is 484 g/mol. The van der Waals surface area contributed by atoms with Crippen LogP contribution in [0.4, 0.5) is 39.8 Å². The molecule has 0 saturated carbocycles. The van der Waals surface area contributed by atoms with Crippen LogP contribution in [0.25, 0.3) is 0 Å². The molecule has 5 aromatic carbocycles. The first kappa shape index (κ1) is 24.2. The lowest BCUT2D eigenvalue weighted by Crippen LogP contribution is -2.15. The Kier molecular flexibility index (Phi) is 6.70. The summed E-state index contributed by atoms with van der Waals surface area (Å²) in [6, 6.07) is 40.7. The van der Waals surface area contributed by atoms with Gasteiger partial charge in [0.05, 0.1) is 11.4 Å². The molecular formula is C34H33N3. The predicted molar refractivity (Wildman–Crippen MR) is 159 cm³/mol. The lowest BCUT2D eigenvalue weighted by atomic mass is 10.1. The van der Waals surface area contributed by atoms with Crippen molar-refractivity contribution in [3.63, 3.8) is 0 Å². The van der Waals surface area contributed by atoms with Gasteiger partial charge in [-0.05, 0) is 117 Å². The first-order valence-corrected chi connectivity index (χ1v) is 12.7. The van der Waals surface area contributed by atoms with Crippen LogP contribution in [0.1, 0.15) is 22.3 Å². The molecular weight excluding hydrogens is 450 g/mol. The number of benzene rings is 5. The Morgan fingerprint density at radius 2 is 0.757 bits per heavy atom. The molecule has 5 rings (SSSR count). The quantitative estimate of drug-likeness (QED) is 0.244. The summed E-state index contributed by atoms with van der Waals surface area (Å²) in [5.74, 6) is 0. The van der Waals surface area contributed by atoms with Crippen molar-refractivity contribution < 1.29 is 0 Å². The van der Waals surface area contributed by atoms with Crippen LogP contribution in [-0.4, -0.2) is 0 Å². The lowest BCUT2D eigenvalue weighted by molar-refractivity contribution is 1.23. The minimum atomic E-state index is 0.722. The van der Waals surface area contributed by atoms with E-state index in [0.29, 0.717) is 0 Å². The molecule has 0 amide bonds. The van der Waals surface area contributed by atoms with Crippen molar-refractivity contribution in [1.82, 2.24) is 0 Å². The van der Waals surface area contributed by atoms with Gasteiger partial charge in [-0.15, -0.1) is 0 Å². The number of hydrogen-bond donors (Lipinski definition) is 1. The standard InChI is InChI=1S/C34H33N3/c1-24-9-5-13-28(19-24)36(29-14-6-10-25(2)20-29)32-17-18-33(35)34(23-32)37(30-15-7-11-26(3)21-30)31-16-8-12-27(4)22-31/h5-23H,35H2,1-4H3. The van der Waals surface area contributed by atoms with Gasteiger partial charge in [0.2, 0.25) is 0 Å². The van der Waals surface area contributed by atoms with Gasteiger partial charge in [0, 0.05) is 28.4 Å². The molecule has 0 bridgehead atoms. The molecule has 37 heavy (non-hydrogen) atoms. The number of nitrogens with two attached hydrogens (primary N) is 1. The minimum Gasteiger partial charge on any atom is -0.397 e. The first-order valence-electron chi connectivity index (χ1n) is 12.7. The minimum absolute atomic E-state index is 0.722. The van der Waals surface area contributed by atoms with Gasteiger partial charge in [-0.1, -0.05) is 48.5 Å². The summed E-state index contributed by atoms with van der Waals surface area (Å²) in [6.45, 7) is 8.50. The van der Waals surface area contributed by atoms with Crippen LogP contribution in [-0.2, 0) is 0 Å². The number of anilines is 7. The van der Waals surface area contributed by atoms with E-state index in [1.165, 1.54) is 22.3 Å². The molecule has 0 atom stereocenters. The SMILES string of the molecule is Cc1cccc(N(c2cccc(C)c2)c2ccc(N)c(N(c3cccc(C)c3)c3cccc(C)c3)c2)c1. The topological polar surface area (TPSA) is 32.5 Å². The van der Waals surface area contributed by atoms with Crippen LogP contribution in [0.15, 0.2) is 115 Å². The molecule has 184 valence electrons. The van der Waals surface area contributed by atoms with E-state index in [0.717, 1.165) is 39.8 Å². The fourth-order valence-corrected chi connectivity index (χ4v) is 4.81. The highest BCUT2D eigenvalue weighted by Crippen LogP contribution is 2.43. The van der Waals surface area contributed by atoms with Crippen LogP contribution in [0, 0.1) is 27.7 Å². The van der Waals surface area contributed by atoms with Crippen LogP contribution in [0.5, 0.6) is 0 Å². The van der Waals surface area contributed by atoms with Gasteiger partial charge in [0.25, 0.3) is 0 Å². The van der Waals surface area contributed by atoms with E-state index >= 15 is 0 Å². The molecule has 0 aliphatic rings. The summed E-state index contributed by atoms with van der Waals surface area (Å²) >= 11 is 0. The van der Waals surface area contributed by atoms with Gasteiger partial charge < -0.3 is 15.5 Å². The monoisotopic (exact) mass is 483 g/mol. The molecule has 0 saturated heterocycles.